The fraction of sp³-hybridized carbons (Fsp3) is 0.400. The second kappa shape index (κ2) is 3.18. The SMILES string of the molecule is Cc1cc(Cl)n2nc(C3CNC3)nc2c1. The lowest BCUT2D eigenvalue weighted by atomic mass is 10.0. The number of aryl methyl sites for hydroxylation is 1. The number of nitrogens with zero attached hydrogens (tertiary/aromatic N) is 3. The summed E-state index contributed by atoms with van der Waals surface area (Å²) in [4.78, 5) is 4.48. The molecule has 0 spiro atoms. The molecule has 78 valence electrons. The molecule has 0 radical (unpaired) electrons. The van der Waals surface area contributed by atoms with Gasteiger partial charge in [0.15, 0.2) is 11.5 Å². The van der Waals surface area contributed by atoms with Gasteiger partial charge in [0.25, 0.3) is 0 Å². The third-order valence-electron chi connectivity index (χ3n) is 2.70. The van der Waals surface area contributed by atoms with Crippen LogP contribution in [0.4, 0.5) is 0 Å². The van der Waals surface area contributed by atoms with E-state index in [1.807, 2.05) is 19.1 Å². The minimum atomic E-state index is 0.446. The quantitative estimate of drug-likeness (QED) is 0.742. The fourth-order valence-corrected chi connectivity index (χ4v) is 2.03. The summed E-state index contributed by atoms with van der Waals surface area (Å²) in [6, 6.07) is 3.89. The standard InChI is InChI=1S/C10H11ClN4/c1-6-2-8(11)15-9(3-6)13-10(14-15)7-4-12-5-7/h2-3,7,12H,4-5H2,1H3. The van der Waals surface area contributed by atoms with Crippen molar-refractivity contribution in [3.63, 3.8) is 0 Å². The molecule has 0 aliphatic carbocycles. The van der Waals surface area contributed by atoms with E-state index >= 15 is 0 Å². The maximum absolute atomic E-state index is 6.09. The van der Waals surface area contributed by atoms with E-state index < -0.39 is 0 Å². The molecule has 0 amide bonds. The molecule has 3 rings (SSSR count). The summed E-state index contributed by atoms with van der Waals surface area (Å²) in [7, 11) is 0. The zero-order valence-corrected chi connectivity index (χ0v) is 9.12. The molecule has 1 saturated heterocycles. The molecule has 5 heteroatoms. The number of aromatic nitrogens is 3. The third-order valence-corrected chi connectivity index (χ3v) is 2.97. The Hall–Kier alpha value is -1.13. The van der Waals surface area contributed by atoms with Crippen molar-refractivity contribution in [2.45, 2.75) is 12.8 Å². The van der Waals surface area contributed by atoms with E-state index in [2.05, 4.69) is 15.4 Å². The summed E-state index contributed by atoms with van der Waals surface area (Å²) in [6.07, 6.45) is 0. The van der Waals surface area contributed by atoms with Crippen LogP contribution in [0.3, 0.4) is 0 Å². The predicted octanol–water partition coefficient (Wildman–Crippen LogP) is 1.38. The monoisotopic (exact) mass is 222 g/mol. The summed E-state index contributed by atoms with van der Waals surface area (Å²) < 4.78 is 1.70. The van der Waals surface area contributed by atoms with E-state index in [-0.39, 0.29) is 0 Å². The number of nitrogens with one attached hydrogen (secondary N) is 1. The van der Waals surface area contributed by atoms with Crippen LogP contribution >= 0.6 is 11.6 Å². The molecule has 4 nitrogen and oxygen atoms in total. The van der Waals surface area contributed by atoms with Crippen LogP contribution in [0.5, 0.6) is 0 Å². The zero-order valence-electron chi connectivity index (χ0n) is 8.37. The molecule has 1 aliphatic heterocycles. The van der Waals surface area contributed by atoms with E-state index in [1.54, 1.807) is 4.52 Å². The van der Waals surface area contributed by atoms with Crippen LogP contribution in [0.1, 0.15) is 17.3 Å². The number of fused-ring (bicyclic) bond motifs is 1. The first-order valence-electron chi connectivity index (χ1n) is 4.97. The van der Waals surface area contributed by atoms with Gasteiger partial charge in [0.1, 0.15) is 5.15 Å². The van der Waals surface area contributed by atoms with Crippen molar-refractivity contribution in [2.75, 3.05) is 13.1 Å². The molecule has 3 heterocycles. The summed E-state index contributed by atoms with van der Waals surface area (Å²) in [6.45, 7) is 3.94. The molecule has 1 aliphatic rings. The Morgan fingerprint density at radius 2 is 2.27 bits per heavy atom. The topological polar surface area (TPSA) is 42.2 Å². The Morgan fingerprint density at radius 3 is 2.93 bits per heavy atom. The lowest BCUT2D eigenvalue weighted by Gasteiger charge is -2.23. The van der Waals surface area contributed by atoms with Crippen LogP contribution in [0.15, 0.2) is 12.1 Å². The van der Waals surface area contributed by atoms with Gasteiger partial charge >= 0.3 is 0 Å². The Bertz CT molecular complexity index is 515. The highest BCUT2D eigenvalue weighted by Gasteiger charge is 2.23. The average molecular weight is 223 g/mol. The maximum atomic E-state index is 6.09. The van der Waals surface area contributed by atoms with Gasteiger partial charge in [-0.25, -0.2) is 9.50 Å². The van der Waals surface area contributed by atoms with Gasteiger partial charge in [-0.05, 0) is 24.6 Å². The summed E-state index contributed by atoms with van der Waals surface area (Å²) in [5.74, 6) is 1.34. The van der Waals surface area contributed by atoms with Crippen molar-refractivity contribution >= 4 is 17.2 Å². The van der Waals surface area contributed by atoms with Crippen LogP contribution in [-0.2, 0) is 0 Å². The van der Waals surface area contributed by atoms with Gasteiger partial charge in [0, 0.05) is 19.0 Å². The Labute approximate surface area is 92.3 Å². The fourth-order valence-electron chi connectivity index (χ4n) is 1.73. The van der Waals surface area contributed by atoms with E-state index in [9.17, 15) is 0 Å². The highest BCUT2D eigenvalue weighted by Crippen LogP contribution is 2.20. The Balaban J connectivity index is 2.16. The lowest BCUT2D eigenvalue weighted by Crippen LogP contribution is -2.40. The molecule has 0 unspecified atom stereocenters. The molecule has 0 bridgehead atoms. The van der Waals surface area contributed by atoms with Crippen molar-refractivity contribution in [1.29, 1.82) is 0 Å². The van der Waals surface area contributed by atoms with E-state index in [1.165, 1.54) is 0 Å². The normalized spacial score (nSPS) is 16.9. The second-order valence-corrected chi connectivity index (χ2v) is 4.34. The van der Waals surface area contributed by atoms with Gasteiger partial charge in [-0.3, -0.25) is 0 Å². The smallest absolute Gasteiger partial charge is 0.157 e. The van der Waals surface area contributed by atoms with Crippen LogP contribution < -0.4 is 5.32 Å². The number of pyridine rings is 1. The van der Waals surface area contributed by atoms with Gasteiger partial charge in [-0.15, -0.1) is 5.10 Å². The number of hydrogen-bond donors (Lipinski definition) is 1. The number of halogens is 1. The number of hydrogen-bond acceptors (Lipinski definition) is 3. The molecule has 0 aromatic carbocycles. The first-order chi connectivity index (χ1) is 7.24. The van der Waals surface area contributed by atoms with Crippen molar-refractivity contribution in [3.05, 3.63) is 28.7 Å². The molecule has 15 heavy (non-hydrogen) atoms. The van der Waals surface area contributed by atoms with Gasteiger partial charge in [0.05, 0.1) is 0 Å². The van der Waals surface area contributed by atoms with Crippen LogP contribution in [0.2, 0.25) is 5.15 Å². The lowest BCUT2D eigenvalue weighted by molar-refractivity contribution is 0.430. The van der Waals surface area contributed by atoms with Crippen molar-refractivity contribution in [2.24, 2.45) is 0 Å². The minimum Gasteiger partial charge on any atom is -0.315 e. The molecular weight excluding hydrogens is 212 g/mol. The molecule has 1 fully saturated rings. The van der Waals surface area contributed by atoms with E-state index in [4.69, 9.17) is 11.6 Å². The Kier molecular flexibility index (Phi) is 1.94. The van der Waals surface area contributed by atoms with Crippen molar-refractivity contribution in [1.82, 2.24) is 19.9 Å². The molecular formula is C10H11ClN4. The Morgan fingerprint density at radius 1 is 1.47 bits per heavy atom. The highest BCUT2D eigenvalue weighted by atomic mass is 35.5. The molecule has 0 atom stereocenters. The van der Waals surface area contributed by atoms with Gasteiger partial charge < -0.3 is 5.32 Å². The van der Waals surface area contributed by atoms with Gasteiger partial charge in [-0.2, -0.15) is 0 Å². The van der Waals surface area contributed by atoms with E-state index in [0.29, 0.717) is 11.1 Å². The summed E-state index contributed by atoms with van der Waals surface area (Å²) in [5.41, 5.74) is 1.94. The maximum Gasteiger partial charge on any atom is 0.157 e. The van der Waals surface area contributed by atoms with E-state index in [0.717, 1.165) is 30.1 Å². The van der Waals surface area contributed by atoms with Crippen molar-refractivity contribution in [3.8, 4) is 0 Å². The number of rotatable bonds is 1. The van der Waals surface area contributed by atoms with Gasteiger partial charge in [-0.1, -0.05) is 11.6 Å². The summed E-state index contributed by atoms with van der Waals surface area (Å²) in [5, 5.41) is 8.24. The highest BCUT2D eigenvalue weighted by molar-refractivity contribution is 6.29. The largest absolute Gasteiger partial charge is 0.315 e. The average Bonchev–Trinajstić information content (AvgIpc) is 2.44. The van der Waals surface area contributed by atoms with Crippen LogP contribution in [-0.4, -0.2) is 27.7 Å². The molecule has 0 saturated carbocycles. The zero-order chi connectivity index (χ0) is 10.4. The molecule has 1 N–H and O–H groups in total. The van der Waals surface area contributed by atoms with Gasteiger partial charge in [0.2, 0.25) is 0 Å². The first-order valence-corrected chi connectivity index (χ1v) is 5.35. The minimum absolute atomic E-state index is 0.446. The van der Waals surface area contributed by atoms with Crippen LogP contribution in [0, 0.1) is 6.92 Å². The third kappa shape index (κ3) is 1.41. The molecule has 2 aromatic heterocycles. The first kappa shape index (κ1) is 9.12. The second-order valence-electron chi connectivity index (χ2n) is 3.95. The van der Waals surface area contributed by atoms with Crippen LogP contribution in [0.25, 0.3) is 5.65 Å². The predicted molar refractivity (Wildman–Crippen MR) is 58.3 cm³/mol. The van der Waals surface area contributed by atoms with Crippen molar-refractivity contribution < 1.29 is 0 Å². The summed E-state index contributed by atoms with van der Waals surface area (Å²) >= 11 is 6.09. The molecule has 2 aromatic rings.